The third-order valence-electron chi connectivity index (χ3n) is 5.41. The summed E-state index contributed by atoms with van der Waals surface area (Å²) in [6.45, 7) is 2.66. The molecule has 7 heteroatoms. The van der Waals surface area contributed by atoms with Gasteiger partial charge in [0.15, 0.2) is 0 Å². The Labute approximate surface area is 162 Å². The van der Waals surface area contributed by atoms with Crippen molar-refractivity contribution in [3.8, 4) is 0 Å². The molecule has 1 aromatic rings. The molecule has 2 fully saturated rings. The minimum absolute atomic E-state index is 0. The molecular weight excluding hydrogens is 406 g/mol. The van der Waals surface area contributed by atoms with Crippen LogP contribution in [0.15, 0.2) is 22.7 Å². The Morgan fingerprint density at radius 1 is 1.40 bits per heavy atom. The normalized spacial score (nSPS) is 23.6. The number of amides is 2. The van der Waals surface area contributed by atoms with E-state index in [-0.39, 0.29) is 42.2 Å². The van der Waals surface area contributed by atoms with Crippen LogP contribution >= 0.6 is 28.3 Å². The predicted molar refractivity (Wildman–Crippen MR) is 102 cm³/mol. The van der Waals surface area contributed by atoms with Gasteiger partial charge < -0.3 is 15.5 Å². The molecule has 0 unspecified atom stereocenters. The minimum atomic E-state index is -0.0478. The molecular formula is C18H23BrClN3O2. The number of hydrogen-bond acceptors (Lipinski definition) is 3. The van der Waals surface area contributed by atoms with Crippen molar-refractivity contribution in [1.82, 2.24) is 15.5 Å². The summed E-state index contributed by atoms with van der Waals surface area (Å²) in [6, 6.07) is 6.05. The number of carbonyl (C=O) groups is 2. The molecule has 0 radical (unpaired) electrons. The maximum atomic E-state index is 12.8. The highest BCUT2D eigenvalue weighted by Gasteiger charge is 2.51. The van der Waals surface area contributed by atoms with Crippen LogP contribution in [-0.2, 0) is 10.2 Å². The van der Waals surface area contributed by atoms with Crippen LogP contribution in [0.25, 0.3) is 0 Å². The molecule has 1 atom stereocenters. The first kappa shape index (κ1) is 18.7. The van der Waals surface area contributed by atoms with Crippen molar-refractivity contribution in [2.24, 2.45) is 0 Å². The summed E-state index contributed by atoms with van der Waals surface area (Å²) in [5, 5.41) is 6.36. The molecule has 1 saturated heterocycles. The second-order valence-electron chi connectivity index (χ2n) is 7.24. The SMILES string of the molecule is Cl.O=C(CN1CC2(CC2)c2cc(Br)ccc2C1=O)N[C@@H]1CCCNC1. The zero-order valence-electron chi connectivity index (χ0n) is 14.0. The molecule has 5 nitrogen and oxygen atoms in total. The molecule has 2 amide bonds. The fourth-order valence-corrected chi connectivity index (χ4v) is 4.32. The summed E-state index contributed by atoms with van der Waals surface area (Å²) < 4.78 is 1.01. The van der Waals surface area contributed by atoms with E-state index in [9.17, 15) is 9.59 Å². The van der Waals surface area contributed by atoms with Crippen molar-refractivity contribution in [2.75, 3.05) is 26.2 Å². The average molecular weight is 429 g/mol. The molecule has 0 bridgehead atoms. The van der Waals surface area contributed by atoms with Crippen LogP contribution in [-0.4, -0.2) is 48.9 Å². The van der Waals surface area contributed by atoms with E-state index in [2.05, 4.69) is 32.6 Å². The minimum Gasteiger partial charge on any atom is -0.351 e. The van der Waals surface area contributed by atoms with Crippen LogP contribution in [0.1, 0.15) is 41.6 Å². The maximum Gasteiger partial charge on any atom is 0.254 e. The first-order valence-corrected chi connectivity index (χ1v) is 9.46. The van der Waals surface area contributed by atoms with Gasteiger partial charge in [0.2, 0.25) is 5.91 Å². The number of benzene rings is 1. The van der Waals surface area contributed by atoms with Gasteiger partial charge in [-0.2, -0.15) is 0 Å². The average Bonchev–Trinajstić information content (AvgIpc) is 3.34. The Bertz CT molecular complexity index is 687. The lowest BCUT2D eigenvalue weighted by molar-refractivity contribution is -0.122. The van der Waals surface area contributed by atoms with E-state index < -0.39 is 0 Å². The number of nitrogens with one attached hydrogen (secondary N) is 2. The Kier molecular flexibility index (Phi) is 5.42. The Morgan fingerprint density at radius 3 is 2.88 bits per heavy atom. The lowest BCUT2D eigenvalue weighted by Crippen LogP contribution is -2.51. The highest BCUT2D eigenvalue weighted by atomic mass is 79.9. The van der Waals surface area contributed by atoms with E-state index in [4.69, 9.17) is 0 Å². The number of fused-ring (bicyclic) bond motifs is 2. The van der Waals surface area contributed by atoms with Gasteiger partial charge in [-0.15, -0.1) is 12.4 Å². The van der Waals surface area contributed by atoms with Crippen LogP contribution in [0.2, 0.25) is 0 Å². The molecule has 4 rings (SSSR count). The molecule has 1 aliphatic carbocycles. The van der Waals surface area contributed by atoms with Gasteiger partial charge in [0.1, 0.15) is 0 Å². The number of rotatable bonds is 3. The number of nitrogens with zero attached hydrogens (tertiary/aromatic N) is 1. The Hall–Kier alpha value is -1.11. The van der Waals surface area contributed by atoms with Crippen molar-refractivity contribution >= 4 is 40.2 Å². The summed E-state index contributed by atoms with van der Waals surface area (Å²) in [6.07, 6.45) is 4.27. The van der Waals surface area contributed by atoms with Gasteiger partial charge in [-0.25, -0.2) is 0 Å². The van der Waals surface area contributed by atoms with Gasteiger partial charge in [-0.3, -0.25) is 9.59 Å². The quantitative estimate of drug-likeness (QED) is 0.776. The molecule has 3 aliphatic rings. The van der Waals surface area contributed by atoms with Gasteiger partial charge >= 0.3 is 0 Å². The second-order valence-corrected chi connectivity index (χ2v) is 8.16. The number of hydrogen-bond donors (Lipinski definition) is 2. The standard InChI is InChI=1S/C18H22BrN3O2.ClH/c19-12-3-4-14-15(8-12)18(5-6-18)11-22(17(14)24)10-16(23)21-13-2-1-7-20-9-13;/h3-4,8,13,20H,1-2,5-7,9-11H2,(H,21,23);1H/t13-;/m1./s1. The fourth-order valence-electron chi connectivity index (χ4n) is 3.96. The van der Waals surface area contributed by atoms with E-state index in [1.165, 1.54) is 0 Å². The summed E-state index contributed by atoms with van der Waals surface area (Å²) >= 11 is 3.51. The number of piperidine rings is 1. The Morgan fingerprint density at radius 2 is 2.20 bits per heavy atom. The Balaban J connectivity index is 0.00000182. The van der Waals surface area contributed by atoms with Gasteiger partial charge in [-0.05, 0) is 56.0 Å². The topological polar surface area (TPSA) is 61.4 Å². The lowest BCUT2D eigenvalue weighted by Gasteiger charge is -2.35. The molecule has 136 valence electrons. The molecule has 2 aliphatic heterocycles. The largest absolute Gasteiger partial charge is 0.351 e. The van der Waals surface area contributed by atoms with Crippen molar-refractivity contribution in [3.05, 3.63) is 33.8 Å². The van der Waals surface area contributed by atoms with Crippen LogP contribution in [0.4, 0.5) is 0 Å². The van der Waals surface area contributed by atoms with Crippen LogP contribution < -0.4 is 10.6 Å². The highest BCUT2D eigenvalue weighted by Crippen LogP contribution is 2.52. The van der Waals surface area contributed by atoms with Crippen molar-refractivity contribution in [2.45, 2.75) is 37.1 Å². The lowest BCUT2D eigenvalue weighted by atomic mass is 9.86. The predicted octanol–water partition coefficient (Wildman–Crippen LogP) is 2.23. The van der Waals surface area contributed by atoms with Gasteiger partial charge in [0, 0.05) is 34.6 Å². The number of halogens is 2. The first-order chi connectivity index (χ1) is 11.6. The fraction of sp³-hybridized carbons (Fsp3) is 0.556. The molecule has 0 aromatic heterocycles. The van der Waals surface area contributed by atoms with Crippen molar-refractivity contribution < 1.29 is 9.59 Å². The molecule has 2 N–H and O–H groups in total. The van der Waals surface area contributed by atoms with Crippen LogP contribution in [0, 0.1) is 0 Å². The van der Waals surface area contributed by atoms with E-state index in [0.717, 1.165) is 54.4 Å². The molecule has 1 saturated carbocycles. The zero-order valence-corrected chi connectivity index (χ0v) is 16.4. The third-order valence-corrected chi connectivity index (χ3v) is 5.91. The highest BCUT2D eigenvalue weighted by molar-refractivity contribution is 9.10. The molecule has 1 aromatic carbocycles. The van der Waals surface area contributed by atoms with E-state index in [1.54, 1.807) is 4.90 Å². The monoisotopic (exact) mass is 427 g/mol. The zero-order chi connectivity index (χ0) is 16.7. The summed E-state index contributed by atoms with van der Waals surface area (Å²) in [5.74, 6) is -0.0691. The van der Waals surface area contributed by atoms with Crippen molar-refractivity contribution in [3.63, 3.8) is 0 Å². The molecule has 1 spiro atoms. The smallest absolute Gasteiger partial charge is 0.254 e. The summed E-state index contributed by atoms with van der Waals surface area (Å²) in [7, 11) is 0. The third kappa shape index (κ3) is 3.71. The maximum absolute atomic E-state index is 12.8. The molecule has 2 heterocycles. The van der Waals surface area contributed by atoms with Gasteiger partial charge in [0.05, 0.1) is 6.54 Å². The van der Waals surface area contributed by atoms with E-state index in [0.29, 0.717) is 6.54 Å². The van der Waals surface area contributed by atoms with Crippen LogP contribution in [0.5, 0.6) is 0 Å². The van der Waals surface area contributed by atoms with Gasteiger partial charge in [-0.1, -0.05) is 15.9 Å². The van der Waals surface area contributed by atoms with Crippen LogP contribution in [0.3, 0.4) is 0 Å². The summed E-state index contributed by atoms with van der Waals surface area (Å²) in [5.41, 5.74) is 1.98. The van der Waals surface area contributed by atoms with E-state index in [1.807, 2.05) is 12.1 Å². The van der Waals surface area contributed by atoms with Crippen molar-refractivity contribution in [1.29, 1.82) is 0 Å². The summed E-state index contributed by atoms with van der Waals surface area (Å²) in [4.78, 5) is 26.9. The second kappa shape index (κ2) is 7.25. The van der Waals surface area contributed by atoms with Gasteiger partial charge in [0.25, 0.3) is 5.91 Å². The first-order valence-electron chi connectivity index (χ1n) is 8.67. The molecule has 25 heavy (non-hydrogen) atoms. The van der Waals surface area contributed by atoms with E-state index >= 15 is 0 Å². The number of carbonyl (C=O) groups excluding carboxylic acids is 2.